The third-order valence-electron chi connectivity index (χ3n) is 4.61. The number of aromatic amines is 1. The van der Waals surface area contributed by atoms with Crippen molar-refractivity contribution >= 4 is 44.7 Å². The number of H-pyrrole nitrogens is 1. The largest absolute Gasteiger partial charge is 0.309 e. The number of thiophene rings is 2. The summed E-state index contributed by atoms with van der Waals surface area (Å²) >= 11 is 4.53. The van der Waals surface area contributed by atoms with E-state index < -0.39 is 0 Å². The molecule has 30 heavy (non-hydrogen) atoms. The van der Waals surface area contributed by atoms with Gasteiger partial charge in [-0.15, -0.1) is 22.7 Å². The van der Waals surface area contributed by atoms with Gasteiger partial charge < -0.3 is 4.98 Å². The molecule has 1 unspecified atom stereocenters. The van der Waals surface area contributed by atoms with Crippen molar-refractivity contribution in [1.82, 2.24) is 19.5 Å². The molecule has 0 aliphatic carbocycles. The highest BCUT2D eigenvalue weighted by atomic mass is 32.2. The Labute approximate surface area is 183 Å². The van der Waals surface area contributed by atoms with Gasteiger partial charge in [0.05, 0.1) is 16.3 Å². The van der Waals surface area contributed by atoms with Gasteiger partial charge >= 0.3 is 0 Å². The molecule has 9 heteroatoms. The van der Waals surface area contributed by atoms with Gasteiger partial charge in [-0.2, -0.15) is 0 Å². The molecule has 5 rings (SSSR count). The second-order valence-corrected chi connectivity index (χ2v) is 9.69. The van der Waals surface area contributed by atoms with E-state index in [4.69, 9.17) is 4.98 Å². The minimum Gasteiger partial charge on any atom is -0.309 e. The Bertz CT molecular complexity index is 1390. The maximum Gasteiger partial charge on any atom is 0.260 e. The van der Waals surface area contributed by atoms with Crippen molar-refractivity contribution in [3.63, 3.8) is 0 Å². The molecule has 4 heterocycles. The SMILES string of the molecule is CC(Sc1nccn1-c1cccc(F)c1)c1nc2scc(-c3cccs3)c2c(=O)[nH]1. The second-order valence-electron chi connectivity index (χ2n) is 6.58. The van der Waals surface area contributed by atoms with E-state index in [2.05, 4.69) is 9.97 Å². The molecule has 0 saturated heterocycles. The summed E-state index contributed by atoms with van der Waals surface area (Å²) in [5, 5.41) is 5.15. The molecule has 1 aromatic carbocycles. The van der Waals surface area contributed by atoms with Crippen LogP contribution in [0.1, 0.15) is 18.0 Å². The third-order valence-corrected chi connectivity index (χ3v) is 7.47. The van der Waals surface area contributed by atoms with Crippen molar-refractivity contribution in [3.05, 3.63) is 81.5 Å². The normalized spacial score (nSPS) is 12.5. The zero-order valence-electron chi connectivity index (χ0n) is 15.7. The van der Waals surface area contributed by atoms with Crippen LogP contribution in [0.2, 0.25) is 0 Å². The van der Waals surface area contributed by atoms with Crippen LogP contribution in [0.4, 0.5) is 4.39 Å². The van der Waals surface area contributed by atoms with Crippen LogP contribution in [-0.4, -0.2) is 19.5 Å². The van der Waals surface area contributed by atoms with Gasteiger partial charge in [-0.25, -0.2) is 14.4 Å². The zero-order chi connectivity index (χ0) is 20.7. The number of nitrogens with one attached hydrogen (secondary N) is 1. The molecule has 1 atom stereocenters. The van der Waals surface area contributed by atoms with Gasteiger partial charge in [-0.05, 0) is 36.6 Å². The van der Waals surface area contributed by atoms with E-state index in [0.717, 1.165) is 15.3 Å². The van der Waals surface area contributed by atoms with Gasteiger partial charge in [-0.3, -0.25) is 9.36 Å². The molecule has 0 fully saturated rings. The number of aromatic nitrogens is 4. The van der Waals surface area contributed by atoms with Crippen LogP contribution >= 0.6 is 34.4 Å². The highest BCUT2D eigenvalue weighted by Gasteiger charge is 2.19. The predicted octanol–water partition coefficient (Wildman–Crippen LogP) is 5.89. The fourth-order valence-corrected chi connectivity index (χ4v) is 5.89. The van der Waals surface area contributed by atoms with Gasteiger partial charge in [0.25, 0.3) is 5.56 Å². The Hall–Kier alpha value is -2.75. The van der Waals surface area contributed by atoms with Gasteiger partial charge in [-0.1, -0.05) is 23.9 Å². The molecular weight excluding hydrogens is 439 g/mol. The lowest BCUT2D eigenvalue weighted by Gasteiger charge is -2.12. The van der Waals surface area contributed by atoms with Crippen LogP contribution in [0.15, 0.2) is 69.5 Å². The first-order valence-electron chi connectivity index (χ1n) is 9.11. The maximum absolute atomic E-state index is 13.6. The summed E-state index contributed by atoms with van der Waals surface area (Å²) in [6.45, 7) is 1.97. The number of rotatable bonds is 5. The van der Waals surface area contributed by atoms with Crippen LogP contribution in [-0.2, 0) is 0 Å². The van der Waals surface area contributed by atoms with Crippen molar-refractivity contribution < 1.29 is 4.39 Å². The number of fused-ring (bicyclic) bond motifs is 1. The van der Waals surface area contributed by atoms with E-state index in [1.54, 1.807) is 29.8 Å². The Morgan fingerprint density at radius 1 is 1.23 bits per heavy atom. The lowest BCUT2D eigenvalue weighted by molar-refractivity contribution is 0.626. The summed E-state index contributed by atoms with van der Waals surface area (Å²) in [4.78, 5) is 26.7. The van der Waals surface area contributed by atoms with Gasteiger partial charge in [0.2, 0.25) is 0 Å². The number of imidazole rings is 1. The van der Waals surface area contributed by atoms with Crippen molar-refractivity contribution in [2.24, 2.45) is 0 Å². The lowest BCUT2D eigenvalue weighted by Crippen LogP contribution is -2.12. The first kappa shape index (κ1) is 19.2. The molecule has 4 aromatic heterocycles. The van der Waals surface area contributed by atoms with E-state index in [0.29, 0.717) is 22.1 Å². The summed E-state index contributed by atoms with van der Waals surface area (Å²) in [7, 11) is 0. The smallest absolute Gasteiger partial charge is 0.260 e. The Balaban J connectivity index is 1.47. The predicted molar refractivity (Wildman–Crippen MR) is 121 cm³/mol. The first-order chi connectivity index (χ1) is 14.6. The minimum absolute atomic E-state index is 0.138. The number of halogens is 1. The van der Waals surface area contributed by atoms with Crippen LogP contribution < -0.4 is 5.56 Å². The van der Waals surface area contributed by atoms with Crippen LogP contribution in [0.25, 0.3) is 26.3 Å². The zero-order valence-corrected chi connectivity index (χ0v) is 18.2. The van der Waals surface area contributed by atoms with E-state index in [1.807, 2.05) is 40.5 Å². The molecule has 0 spiro atoms. The molecule has 0 radical (unpaired) electrons. The third kappa shape index (κ3) is 3.49. The summed E-state index contributed by atoms with van der Waals surface area (Å²) in [5.41, 5.74) is 1.48. The van der Waals surface area contributed by atoms with Crippen LogP contribution in [0.5, 0.6) is 0 Å². The molecular formula is C21H15FN4OS3. The molecule has 0 bridgehead atoms. The number of thioether (sulfide) groups is 1. The molecule has 0 aliphatic heterocycles. The summed E-state index contributed by atoms with van der Waals surface area (Å²) in [6.07, 6.45) is 3.46. The van der Waals surface area contributed by atoms with Gasteiger partial charge in [0.15, 0.2) is 5.16 Å². The molecule has 0 saturated carbocycles. The van der Waals surface area contributed by atoms with Crippen LogP contribution in [0, 0.1) is 5.82 Å². The fraction of sp³-hybridized carbons (Fsp3) is 0.0952. The molecule has 5 aromatic rings. The second kappa shape index (κ2) is 7.82. The van der Waals surface area contributed by atoms with E-state index in [9.17, 15) is 9.18 Å². The lowest BCUT2D eigenvalue weighted by atomic mass is 10.2. The van der Waals surface area contributed by atoms with E-state index in [1.165, 1.54) is 35.2 Å². The number of nitrogens with zero attached hydrogens (tertiary/aromatic N) is 3. The average Bonchev–Trinajstić information content (AvgIpc) is 3.48. The molecule has 1 N–H and O–H groups in total. The quantitative estimate of drug-likeness (QED) is 0.336. The van der Waals surface area contributed by atoms with Crippen molar-refractivity contribution in [3.8, 4) is 16.1 Å². The fourth-order valence-electron chi connectivity index (χ4n) is 3.18. The van der Waals surface area contributed by atoms with E-state index in [-0.39, 0.29) is 16.6 Å². The summed E-state index contributed by atoms with van der Waals surface area (Å²) in [6, 6.07) is 10.3. The van der Waals surface area contributed by atoms with Gasteiger partial charge in [0.1, 0.15) is 16.5 Å². The maximum atomic E-state index is 13.6. The molecule has 0 aliphatic rings. The molecule has 150 valence electrons. The highest BCUT2D eigenvalue weighted by molar-refractivity contribution is 7.99. The van der Waals surface area contributed by atoms with Crippen LogP contribution in [0.3, 0.4) is 0 Å². The first-order valence-corrected chi connectivity index (χ1v) is 11.8. The van der Waals surface area contributed by atoms with Gasteiger partial charge in [0, 0.05) is 28.2 Å². The van der Waals surface area contributed by atoms with Crippen molar-refractivity contribution in [1.29, 1.82) is 0 Å². The van der Waals surface area contributed by atoms with Crippen molar-refractivity contribution in [2.45, 2.75) is 17.3 Å². The molecule has 5 nitrogen and oxygen atoms in total. The number of hydrogen-bond donors (Lipinski definition) is 1. The van der Waals surface area contributed by atoms with E-state index >= 15 is 0 Å². The Kier molecular flexibility index (Phi) is 5.01. The number of hydrogen-bond acceptors (Lipinski definition) is 6. The number of benzene rings is 1. The summed E-state index contributed by atoms with van der Waals surface area (Å²) in [5.74, 6) is 0.284. The Morgan fingerprint density at radius 3 is 2.93 bits per heavy atom. The standard InChI is InChI=1S/C21H15FN4OS3/c1-12(30-21-23-7-8-26(21)14-5-2-4-13(22)10-14)18-24-19(27)17-15(11-29-20(17)25-18)16-6-3-9-28-16/h2-12H,1H3,(H,24,25,27). The minimum atomic E-state index is -0.305. The monoisotopic (exact) mass is 454 g/mol. The topological polar surface area (TPSA) is 63.6 Å². The highest BCUT2D eigenvalue weighted by Crippen LogP contribution is 2.36. The summed E-state index contributed by atoms with van der Waals surface area (Å²) < 4.78 is 15.4. The van der Waals surface area contributed by atoms with Crippen molar-refractivity contribution in [2.75, 3.05) is 0 Å². The molecule has 0 amide bonds. The Morgan fingerprint density at radius 2 is 2.13 bits per heavy atom. The average molecular weight is 455 g/mol.